The highest BCUT2D eigenvalue weighted by Gasteiger charge is 2.30. The van der Waals surface area contributed by atoms with Crippen LogP contribution in [0, 0.1) is 5.92 Å². The number of hydrogen-bond donors (Lipinski definition) is 2. The Kier molecular flexibility index (Phi) is 7.63. The molecule has 2 unspecified atom stereocenters. The van der Waals surface area contributed by atoms with Crippen molar-refractivity contribution in [3.05, 3.63) is 0 Å². The molecule has 0 aromatic heterocycles. The monoisotopic (exact) mass is 314 g/mol. The molecule has 0 aromatic rings. The minimum atomic E-state index is -0.461. The van der Waals surface area contributed by atoms with Crippen LogP contribution in [0.5, 0.6) is 0 Å². The zero-order valence-electron chi connectivity index (χ0n) is 14.9. The van der Waals surface area contributed by atoms with E-state index in [-0.39, 0.29) is 24.8 Å². The lowest BCUT2D eigenvalue weighted by atomic mass is 10.0. The quantitative estimate of drug-likeness (QED) is 0.791. The topological polar surface area (TPSA) is 61.8 Å². The summed E-state index contributed by atoms with van der Waals surface area (Å²) in [7, 11) is 0. The molecule has 1 rings (SSSR count). The standard InChI is InChI=1S/C17H34N2O3/c1-13(2)10-14(12-20)18-11-15-8-6-7-9-19(15)16(21)22-17(3,4)5/h13-15,18,20H,6-12H2,1-5H3. The van der Waals surface area contributed by atoms with E-state index in [9.17, 15) is 9.90 Å². The van der Waals surface area contributed by atoms with E-state index in [2.05, 4.69) is 19.2 Å². The smallest absolute Gasteiger partial charge is 0.410 e. The maximum absolute atomic E-state index is 12.3. The minimum absolute atomic E-state index is 0.0995. The lowest BCUT2D eigenvalue weighted by molar-refractivity contribution is 0.00936. The first-order valence-corrected chi connectivity index (χ1v) is 8.56. The Bertz CT molecular complexity index is 339. The second-order valence-electron chi connectivity index (χ2n) is 7.74. The summed E-state index contributed by atoms with van der Waals surface area (Å²) < 4.78 is 5.51. The van der Waals surface area contributed by atoms with Crippen LogP contribution in [0.15, 0.2) is 0 Å². The largest absolute Gasteiger partial charge is 0.444 e. The van der Waals surface area contributed by atoms with Gasteiger partial charge in [-0.2, -0.15) is 0 Å². The van der Waals surface area contributed by atoms with E-state index in [4.69, 9.17) is 4.74 Å². The van der Waals surface area contributed by atoms with Crippen LogP contribution in [0.2, 0.25) is 0 Å². The second kappa shape index (κ2) is 8.73. The molecule has 1 fully saturated rings. The first kappa shape index (κ1) is 19.2. The fraction of sp³-hybridized carbons (Fsp3) is 0.941. The van der Waals surface area contributed by atoms with Crippen molar-refractivity contribution in [3.63, 3.8) is 0 Å². The Morgan fingerprint density at radius 2 is 2.05 bits per heavy atom. The number of nitrogens with one attached hydrogen (secondary N) is 1. The Balaban J connectivity index is 2.56. The van der Waals surface area contributed by atoms with Crippen LogP contribution in [-0.4, -0.2) is 53.5 Å². The van der Waals surface area contributed by atoms with E-state index in [1.807, 2.05) is 25.7 Å². The summed E-state index contributed by atoms with van der Waals surface area (Å²) in [6.45, 7) is 11.6. The predicted molar refractivity (Wildman–Crippen MR) is 88.9 cm³/mol. The SMILES string of the molecule is CC(C)CC(CO)NCC1CCCCN1C(=O)OC(C)(C)C. The highest BCUT2D eigenvalue weighted by Crippen LogP contribution is 2.20. The Morgan fingerprint density at radius 3 is 2.59 bits per heavy atom. The normalized spacial score (nSPS) is 21.0. The summed E-state index contributed by atoms with van der Waals surface area (Å²) in [6.07, 6.45) is 3.88. The van der Waals surface area contributed by atoms with Crippen LogP contribution in [0.3, 0.4) is 0 Å². The number of ether oxygens (including phenoxy) is 1. The Hall–Kier alpha value is -0.810. The van der Waals surface area contributed by atoms with Crippen molar-refractivity contribution in [1.82, 2.24) is 10.2 Å². The van der Waals surface area contributed by atoms with Gasteiger partial charge >= 0.3 is 6.09 Å². The Labute approximate surface area is 135 Å². The van der Waals surface area contributed by atoms with Crippen molar-refractivity contribution in [3.8, 4) is 0 Å². The maximum Gasteiger partial charge on any atom is 0.410 e. The molecule has 22 heavy (non-hydrogen) atoms. The molecule has 1 heterocycles. The molecule has 1 aliphatic rings. The molecule has 0 spiro atoms. The minimum Gasteiger partial charge on any atom is -0.444 e. The van der Waals surface area contributed by atoms with Crippen LogP contribution in [0.25, 0.3) is 0 Å². The van der Waals surface area contributed by atoms with E-state index >= 15 is 0 Å². The summed E-state index contributed by atoms with van der Waals surface area (Å²) >= 11 is 0. The van der Waals surface area contributed by atoms with Crippen molar-refractivity contribution in [2.75, 3.05) is 19.7 Å². The molecule has 130 valence electrons. The molecule has 0 radical (unpaired) electrons. The molecule has 0 saturated carbocycles. The van der Waals surface area contributed by atoms with Gasteiger partial charge in [0.2, 0.25) is 0 Å². The molecule has 2 atom stereocenters. The summed E-state index contributed by atoms with van der Waals surface area (Å²) in [5, 5.41) is 12.9. The third-order valence-electron chi connectivity index (χ3n) is 3.87. The van der Waals surface area contributed by atoms with Crippen LogP contribution >= 0.6 is 0 Å². The summed E-state index contributed by atoms with van der Waals surface area (Å²) in [5.41, 5.74) is -0.461. The lowest BCUT2D eigenvalue weighted by Gasteiger charge is -2.37. The molecule has 2 N–H and O–H groups in total. The number of carbonyl (C=O) groups is 1. The van der Waals surface area contributed by atoms with Crippen molar-refractivity contribution >= 4 is 6.09 Å². The molecule has 1 saturated heterocycles. The first-order valence-electron chi connectivity index (χ1n) is 8.56. The number of rotatable bonds is 6. The van der Waals surface area contributed by atoms with Crippen LogP contribution in [0.1, 0.15) is 60.3 Å². The van der Waals surface area contributed by atoms with Gasteiger partial charge in [0.25, 0.3) is 0 Å². The van der Waals surface area contributed by atoms with Gasteiger partial charge < -0.3 is 20.1 Å². The summed E-state index contributed by atoms with van der Waals surface area (Å²) in [5.74, 6) is 0.540. The summed E-state index contributed by atoms with van der Waals surface area (Å²) in [4.78, 5) is 14.2. The van der Waals surface area contributed by atoms with E-state index in [0.717, 1.165) is 38.8 Å². The fourth-order valence-corrected chi connectivity index (χ4v) is 2.87. The first-order chi connectivity index (χ1) is 10.2. The molecular weight excluding hydrogens is 280 g/mol. The average Bonchev–Trinajstić information content (AvgIpc) is 2.41. The molecule has 5 heteroatoms. The van der Waals surface area contributed by atoms with Crippen molar-refractivity contribution in [2.45, 2.75) is 78.0 Å². The highest BCUT2D eigenvalue weighted by atomic mass is 16.6. The predicted octanol–water partition coefficient (Wildman–Crippen LogP) is 2.77. The van der Waals surface area contributed by atoms with Crippen molar-refractivity contribution < 1.29 is 14.6 Å². The number of likely N-dealkylation sites (tertiary alicyclic amines) is 1. The number of carbonyl (C=O) groups excluding carboxylic acids is 1. The fourth-order valence-electron chi connectivity index (χ4n) is 2.87. The molecule has 0 aromatic carbocycles. The number of aliphatic hydroxyl groups excluding tert-OH is 1. The van der Waals surface area contributed by atoms with Crippen LogP contribution in [0.4, 0.5) is 4.79 Å². The number of nitrogens with zero attached hydrogens (tertiary/aromatic N) is 1. The molecule has 1 amide bonds. The third kappa shape index (κ3) is 6.97. The van der Waals surface area contributed by atoms with Gasteiger partial charge in [-0.3, -0.25) is 0 Å². The van der Waals surface area contributed by atoms with Gasteiger partial charge in [0.1, 0.15) is 5.60 Å². The van der Waals surface area contributed by atoms with E-state index in [1.54, 1.807) is 0 Å². The van der Waals surface area contributed by atoms with E-state index in [0.29, 0.717) is 5.92 Å². The summed E-state index contributed by atoms with van der Waals surface area (Å²) in [6, 6.07) is 0.257. The second-order valence-corrected chi connectivity index (χ2v) is 7.74. The van der Waals surface area contributed by atoms with Gasteiger partial charge in [-0.05, 0) is 52.4 Å². The van der Waals surface area contributed by atoms with Gasteiger partial charge in [-0.1, -0.05) is 13.8 Å². The third-order valence-corrected chi connectivity index (χ3v) is 3.87. The van der Waals surface area contributed by atoms with Crippen LogP contribution in [-0.2, 0) is 4.74 Å². The van der Waals surface area contributed by atoms with Gasteiger partial charge in [0, 0.05) is 25.2 Å². The van der Waals surface area contributed by atoms with Crippen molar-refractivity contribution in [2.24, 2.45) is 5.92 Å². The average molecular weight is 314 g/mol. The maximum atomic E-state index is 12.3. The number of piperidine rings is 1. The van der Waals surface area contributed by atoms with Gasteiger partial charge in [-0.15, -0.1) is 0 Å². The molecule has 0 bridgehead atoms. The van der Waals surface area contributed by atoms with E-state index < -0.39 is 5.60 Å². The molecule has 5 nitrogen and oxygen atoms in total. The van der Waals surface area contributed by atoms with Gasteiger partial charge in [-0.25, -0.2) is 4.79 Å². The molecular formula is C17H34N2O3. The molecule has 0 aliphatic carbocycles. The Morgan fingerprint density at radius 1 is 1.36 bits per heavy atom. The van der Waals surface area contributed by atoms with Gasteiger partial charge in [0.05, 0.1) is 6.61 Å². The lowest BCUT2D eigenvalue weighted by Crippen LogP contribution is -2.51. The molecule has 1 aliphatic heterocycles. The number of amides is 1. The number of hydrogen-bond acceptors (Lipinski definition) is 4. The zero-order chi connectivity index (χ0) is 16.8. The zero-order valence-corrected chi connectivity index (χ0v) is 14.9. The number of aliphatic hydroxyl groups is 1. The van der Waals surface area contributed by atoms with Crippen molar-refractivity contribution in [1.29, 1.82) is 0 Å². The van der Waals surface area contributed by atoms with Gasteiger partial charge in [0.15, 0.2) is 0 Å². The van der Waals surface area contributed by atoms with E-state index in [1.165, 1.54) is 0 Å². The highest BCUT2D eigenvalue weighted by molar-refractivity contribution is 5.68. The van der Waals surface area contributed by atoms with Crippen LogP contribution < -0.4 is 5.32 Å².